The van der Waals surface area contributed by atoms with Gasteiger partial charge in [-0.25, -0.2) is 0 Å². The number of carbonyl (C=O) groups excluding carboxylic acids is 2. The zero-order chi connectivity index (χ0) is 19.7. The molecule has 0 aliphatic carbocycles. The van der Waals surface area contributed by atoms with Crippen molar-refractivity contribution in [1.82, 2.24) is 15.4 Å². The van der Waals surface area contributed by atoms with Crippen LogP contribution in [0.3, 0.4) is 0 Å². The van der Waals surface area contributed by atoms with Crippen LogP contribution >= 0.6 is 23.5 Å². The van der Waals surface area contributed by atoms with Gasteiger partial charge in [-0.2, -0.15) is 33.1 Å². The average molecular weight is 411 g/mol. The molecule has 1 N–H and O–H groups in total. The number of aromatic nitrogens is 3. The number of halogens is 3. The minimum absolute atomic E-state index is 0.104. The fourth-order valence-corrected chi connectivity index (χ4v) is 3.34. The van der Waals surface area contributed by atoms with Gasteiger partial charge in [-0.1, -0.05) is 48.2 Å². The summed E-state index contributed by atoms with van der Waals surface area (Å²) in [5.41, 5.74) is -1.27. The van der Waals surface area contributed by atoms with E-state index < -0.39 is 5.51 Å². The maximum absolute atomic E-state index is 12.3. The Morgan fingerprint density at radius 1 is 0.963 bits per heavy atom. The largest absolute Gasteiger partial charge is 0.446 e. The molecule has 0 spiro atoms. The molecule has 140 valence electrons. The lowest BCUT2D eigenvalue weighted by molar-refractivity contribution is -0.191. The van der Waals surface area contributed by atoms with Crippen LogP contribution in [-0.2, 0) is 15.3 Å². The molecule has 0 atom stereocenters. The summed E-state index contributed by atoms with van der Waals surface area (Å²) in [5, 5.41) is 11.1. The van der Waals surface area contributed by atoms with Crippen molar-refractivity contribution in [2.45, 2.75) is 21.2 Å². The summed E-state index contributed by atoms with van der Waals surface area (Å²) >= 11 is 1.47. The second-order valence-corrected chi connectivity index (χ2v) is 7.08. The van der Waals surface area contributed by atoms with Gasteiger partial charge in [0.25, 0.3) is 0 Å². The number of benzene rings is 2. The molecule has 3 aromatic rings. The highest BCUT2D eigenvalue weighted by Gasteiger charge is 2.28. The number of H-pyrrole nitrogens is 1. The molecule has 0 bridgehead atoms. The molecule has 0 saturated carbocycles. The molecule has 0 amide bonds. The first-order valence-electron chi connectivity index (χ1n) is 7.34. The molecular weight excluding hydrogens is 399 g/mol. The van der Waals surface area contributed by atoms with Gasteiger partial charge >= 0.3 is 11.7 Å². The number of nitrogens with one attached hydrogen (secondary N) is 1. The van der Waals surface area contributed by atoms with Gasteiger partial charge in [-0.3, -0.25) is 0 Å². The third-order valence-electron chi connectivity index (χ3n) is 3.15. The second kappa shape index (κ2) is 9.96. The van der Waals surface area contributed by atoms with E-state index in [1.54, 1.807) is 30.1 Å². The summed E-state index contributed by atoms with van der Waals surface area (Å²) in [7, 11) is 0. The molecule has 0 fully saturated rings. The van der Waals surface area contributed by atoms with Gasteiger partial charge in [-0.15, -0.1) is 5.10 Å². The lowest BCUT2D eigenvalue weighted by atomic mass is 10.0. The maximum Gasteiger partial charge on any atom is 0.446 e. The highest BCUT2D eigenvalue weighted by atomic mass is 32.2. The summed E-state index contributed by atoms with van der Waals surface area (Å²) in [6, 6.07) is 14.3. The van der Waals surface area contributed by atoms with Gasteiger partial charge in [0.15, 0.2) is 0 Å². The molecule has 1 heterocycles. The standard InChI is InChI=1S/C16H12F3N3S2.CO2/c17-16(18,19)24-14-7-5-13(6-8-14)12-3-1-11(2-4-12)10-23-15-9-20-22-21-15;2-1-3/h1-9H,10H2,(H,20,21,22);. The lowest BCUT2D eigenvalue weighted by Gasteiger charge is -2.07. The smallest absolute Gasteiger partial charge is 0.197 e. The third-order valence-corrected chi connectivity index (χ3v) is 4.86. The van der Waals surface area contributed by atoms with Gasteiger partial charge in [0, 0.05) is 10.6 Å². The van der Waals surface area contributed by atoms with Crippen molar-refractivity contribution in [2.24, 2.45) is 0 Å². The number of aromatic amines is 1. The number of rotatable bonds is 5. The van der Waals surface area contributed by atoms with E-state index in [1.165, 1.54) is 12.1 Å². The SMILES string of the molecule is FC(F)(F)Sc1ccc(-c2ccc(CSc3cn[nH]n3)cc2)cc1.O=C=O. The number of thioether (sulfide) groups is 2. The van der Waals surface area contributed by atoms with Gasteiger partial charge < -0.3 is 0 Å². The number of hydrogen-bond donors (Lipinski definition) is 1. The average Bonchev–Trinajstić information content (AvgIpc) is 3.14. The summed E-state index contributed by atoms with van der Waals surface area (Å²) in [6.07, 6.45) is 1.92. The minimum Gasteiger partial charge on any atom is -0.197 e. The first-order chi connectivity index (χ1) is 12.9. The van der Waals surface area contributed by atoms with E-state index in [2.05, 4.69) is 15.4 Å². The molecular formula is C17H12F3N3O2S2. The van der Waals surface area contributed by atoms with Crippen LogP contribution in [-0.4, -0.2) is 27.1 Å². The van der Waals surface area contributed by atoms with Gasteiger partial charge in [0.2, 0.25) is 0 Å². The number of nitrogens with zero attached hydrogens (tertiary/aromatic N) is 2. The Balaban J connectivity index is 0.000000817. The van der Waals surface area contributed by atoms with Crippen LogP contribution in [0, 0.1) is 0 Å². The van der Waals surface area contributed by atoms with E-state index in [-0.39, 0.29) is 22.8 Å². The van der Waals surface area contributed by atoms with Gasteiger partial charge in [0.05, 0.1) is 6.20 Å². The molecule has 0 aliphatic rings. The molecule has 0 radical (unpaired) electrons. The highest BCUT2D eigenvalue weighted by Crippen LogP contribution is 2.37. The van der Waals surface area contributed by atoms with Crippen LogP contribution in [0.15, 0.2) is 64.6 Å². The summed E-state index contributed by atoms with van der Waals surface area (Å²) < 4.78 is 37.0. The minimum atomic E-state index is -4.26. The summed E-state index contributed by atoms with van der Waals surface area (Å²) in [4.78, 5) is 16.4. The summed E-state index contributed by atoms with van der Waals surface area (Å²) in [6.45, 7) is 0. The van der Waals surface area contributed by atoms with Crippen LogP contribution in [0.2, 0.25) is 0 Å². The van der Waals surface area contributed by atoms with Crippen LogP contribution in [0.1, 0.15) is 5.56 Å². The van der Waals surface area contributed by atoms with E-state index in [0.29, 0.717) is 0 Å². The summed E-state index contributed by atoms with van der Waals surface area (Å²) in [5.74, 6) is 0.772. The van der Waals surface area contributed by atoms with E-state index in [1.807, 2.05) is 24.3 Å². The second-order valence-electron chi connectivity index (χ2n) is 4.95. The fraction of sp³-hybridized carbons (Fsp3) is 0.118. The van der Waals surface area contributed by atoms with Crippen molar-refractivity contribution in [3.8, 4) is 11.1 Å². The molecule has 0 unspecified atom stereocenters. The monoisotopic (exact) mass is 411 g/mol. The maximum atomic E-state index is 12.3. The molecule has 2 aromatic carbocycles. The number of hydrogen-bond acceptors (Lipinski definition) is 6. The Morgan fingerprint density at radius 3 is 2.00 bits per heavy atom. The molecule has 1 aromatic heterocycles. The van der Waals surface area contributed by atoms with E-state index in [9.17, 15) is 13.2 Å². The zero-order valence-corrected chi connectivity index (χ0v) is 15.2. The molecule has 0 saturated heterocycles. The van der Waals surface area contributed by atoms with Crippen molar-refractivity contribution in [3.63, 3.8) is 0 Å². The lowest BCUT2D eigenvalue weighted by Crippen LogP contribution is -1.98. The van der Waals surface area contributed by atoms with E-state index in [4.69, 9.17) is 9.59 Å². The van der Waals surface area contributed by atoms with Crippen LogP contribution in [0.5, 0.6) is 0 Å². The molecule has 10 heteroatoms. The third kappa shape index (κ3) is 7.30. The van der Waals surface area contributed by atoms with Gasteiger partial charge in [-0.05, 0) is 40.6 Å². The van der Waals surface area contributed by atoms with Crippen molar-refractivity contribution in [1.29, 1.82) is 0 Å². The predicted octanol–water partition coefficient (Wildman–Crippen LogP) is 4.79. The fourth-order valence-electron chi connectivity index (χ4n) is 2.06. The zero-order valence-electron chi connectivity index (χ0n) is 13.6. The Bertz CT molecular complexity index is 862. The van der Waals surface area contributed by atoms with Crippen molar-refractivity contribution >= 4 is 29.7 Å². The van der Waals surface area contributed by atoms with Crippen molar-refractivity contribution in [2.75, 3.05) is 0 Å². The molecule has 27 heavy (non-hydrogen) atoms. The van der Waals surface area contributed by atoms with Crippen molar-refractivity contribution < 1.29 is 22.8 Å². The topological polar surface area (TPSA) is 75.7 Å². The van der Waals surface area contributed by atoms with Crippen molar-refractivity contribution in [3.05, 3.63) is 60.3 Å². The highest BCUT2D eigenvalue weighted by molar-refractivity contribution is 8.00. The predicted molar refractivity (Wildman–Crippen MR) is 94.7 cm³/mol. The van der Waals surface area contributed by atoms with Crippen LogP contribution < -0.4 is 0 Å². The Labute approximate surface area is 160 Å². The molecule has 3 rings (SSSR count). The number of alkyl halides is 3. The Hall–Kier alpha value is -2.55. The molecule has 5 nitrogen and oxygen atoms in total. The van der Waals surface area contributed by atoms with E-state index in [0.717, 1.165) is 27.5 Å². The van der Waals surface area contributed by atoms with Crippen LogP contribution in [0.4, 0.5) is 13.2 Å². The molecule has 0 aliphatic heterocycles. The first-order valence-corrected chi connectivity index (χ1v) is 9.14. The quantitative estimate of drug-likeness (QED) is 0.609. The Kier molecular flexibility index (Phi) is 7.66. The normalized spacial score (nSPS) is 10.6. The first kappa shape index (κ1) is 20.8. The van der Waals surface area contributed by atoms with Crippen LogP contribution in [0.25, 0.3) is 11.1 Å². The van der Waals surface area contributed by atoms with Gasteiger partial charge in [0.1, 0.15) is 5.03 Å². The Morgan fingerprint density at radius 2 is 1.52 bits per heavy atom. The van der Waals surface area contributed by atoms with E-state index >= 15 is 0 Å².